The topological polar surface area (TPSA) is 48.4 Å². The van der Waals surface area contributed by atoms with Crippen LogP contribution in [0.25, 0.3) is 10.9 Å². The highest BCUT2D eigenvalue weighted by atomic mass is 16.5. The molecule has 4 heteroatoms. The highest BCUT2D eigenvalue weighted by Crippen LogP contribution is 2.32. The van der Waals surface area contributed by atoms with Crippen LogP contribution >= 0.6 is 0 Å². The number of aromatic nitrogens is 1. The Bertz CT molecular complexity index is 662. The molecule has 104 valence electrons. The number of carbonyl (C=O) groups is 1. The van der Waals surface area contributed by atoms with Crippen molar-refractivity contribution >= 4 is 16.9 Å². The molecule has 0 radical (unpaired) electrons. The summed E-state index contributed by atoms with van der Waals surface area (Å²) in [5, 5.41) is 0.909. The summed E-state index contributed by atoms with van der Waals surface area (Å²) in [6, 6.07) is 5.55. The van der Waals surface area contributed by atoms with Crippen LogP contribution in [0.15, 0.2) is 24.4 Å². The van der Waals surface area contributed by atoms with Gasteiger partial charge >= 0.3 is 5.97 Å². The van der Waals surface area contributed by atoms with Gasteiger partial charge in [0, 0.05) is 11.6 Å². The van der Waals surface area contributed by atoms with Crippen molar-refractivity contribution in [2.24, 2.45) is 0 Å². The first-order valence-corrected chi connectivity index (χ1v) is 6.91. The third kappa shape index (κ3) is 2.59. The second kappa shape index (κ2) is 5.12. The van der Waals surface area contributed by atoms with Crippen LogP contribution in [0.4, 0.5) is 0 Å². The first-order chi connectivity index (χ1) is 9.67. The van der Waals surface area contributed by atoms with E-state index in [1.54, 1.807) is 13.0 Å². The predicted octanol–water partition coefficient (Wildman–Crippen LogP) is 3.26. The molecule has 2 aromatic rings. The lowest BCUT2D eigenvalue weighted by Gasteiger charge is -2.11. The quantitative estimate of drug-likeness (QED) is 0.801. The molecule has 0 bridgehead atoms. The van der Waals surface area contributed by atoms with E-state index >= 15 is 0 Å². The van der Waals surface area contributed by atoms with Crippen molar-refractivity contribution in [3.63, 3.8) is 0 Å². The molecule has 0 atom stereocenters. The number of carbonyl (C=O) groups excluding carboxylic acids is 1. The maximum absolute atomic E-state index is 11.9. The second-order valence-electron chi connectivity index (χ2n) is 5.10. The summed E-state index contributed by atoms with van der Waals surface area (Å²) in [6.07, 6.45) is 4.21. The van der Waals surface area contributed by atoms with Gasteiger partial charge in [-0.1, -0.05) is 0 Å². The fourth-order valence-electron chi connectivity index (χ4n) is 2.11. The third-order valence-electron chi connectivity index (χ3n) is 3.21. The molecule has 1 aromatic carbocycles. The summed E-state index contributed by atoms with van der Waals surface area (Å²) in [6.45, 7) is 4.14. The van der Waals surface area contributed by atoms with E-state index in [2.05, 4.69) is 4.98 Å². The Labute approximate surface area is 117 Å². The van der Waals surface area contributed by atoms with Gasteiger partial charge in [-0.05, 0) is 50.5 Å². The minimum atomic E-state index is -0.323. The summed E-state index contributed by atoms with van der Waals surface area (Å²) in [7, 11) is 0. The molecule has 1 saturated carbocycles. The van der Waals surface area contributed by atoms with Crippen LogP contribution in [-0.4, -0.2) is 23.7 Å². The fourth-order valence-corrected chi connectivity index (χ4v) is 2.11. The molecule has 0 aliphatic heterocycles. The first-order valence-electron chi connectivity index (χ1n) is 6.91. The van der Waals surface area contributed by atoms with Crippen LogP contribution in [0.1, 0.15) is 35.7 Å². The average molecular weight is 271 g/mol. The van der Waals surface area contributed by atoms with Gasteiger partial charge in [-0.15, -0.1) is 0 Å². The number of ether oxygens (including phenoxy) is 2. The van der Waals surface area contributed by atoms with Crippen LogP contribution in [0, 0.1) is 6.92 Å². The van der Waals surface area contributed by atoms with Crippen LogP contribution in [0.2, 0.25) is 0 Å². The number of hydrogen-bond acceptors (Lipinski definition) is 4. The Morgan fingerprint density at radius 1 is 1.35 bits per heavy atom. The lowest BCUT2D eigenvalue weighted by molar-refractivity contribution is 0.0526. The molecular weight excluding hydrogens is 254 g/mol. The number of aryl methyl sites for hydroxylation is 1. The zero-order valence-corrected chi connectivity index (χ0v) is 11.7. The summed E-state index contributed by atoms with van der Waals surface area (Å²) in [5.41, 5.74) is 2.37. The molecule has 0 unspecified atom stereocenters. The van der Waals surface area contributed by atoms with E-state index in [1.807, 2.05) is 25.3 Å². The average Bonchev–Trinajstić information content (AvgIpc) is 3.22. The van der Waals surface area contributed by atoms with Gasteiger partial charge in [0.2, 0.25) is 0 Å². The zero-order valence-electron chi connectivity index (χ0n) is 11.7. The molecule has 1 aromatic heterocycles. The molecule has 0 amide bonds. The van der Waals surface area contributed by atoms with Crippen LogP contribution in [0.5, 0.6) is 5.75 Å². The van der Waals surface area contributed by atoms with Crippen molar-refractivity contribution in [2.75, 3.05) is 6.61 Å². The van der Waals surface area contributed by atoms with Gasteiger partial charge in [0.05, 0.1) is 18.3 Å². The Kier molecular flexibility index (Phi) is 3.30. The van der Waals surface area contributed by atoms with Crippen molar-refractivity contribution in [3.05, 3.63) is 35.5 Å². The van der Waals surface area contributed by atoms with Crippen molar-refractivity contribution in [3.8, 4) is 5.75 Å². The number of hydrogen-bond donors (Lipinski definition) is 0. The number of esters is 1. The molecule has 1 heterocycles. The van der Waals surface area contributed by atoms with Gasteiger partial charge in [0.1, 0.15) is 11.3 Å². The predicted molar refractivity (Wildman–Crippen MR) is 76.1 cm³/mol. The molecule has 4 nitrogen and oxygen atoms in total. The monoisotopic (exact) mass is 271 g/mol. The van der Waals surface area contributed by atoms with E-state index in [0.29, 0.717) is 17.9 Å². The smallest absolute Gasteiger partial charge is 0.338 e. The highest BCUT2D eigenvalue weighted by Gasteiger charge is 2.25. The number of rotatable bonds is 4. The summed E-state index contributed by atoms with van der Waals surface area (Å²) in [5.74, 6) is 0.351. The second-order valence-corrected chi connectivity index (χ2v) is 5.10. The SMILES string of the molecule is CCOC(=O)c1cc(OC2CC2)c2ncc(C)cc2c1. The molecule has 0 spiro atoms. The van der Waals surface area contributed by atoms with Crippen LogP contribution in [0.3, 0.4) is 0 Å². The van der Waals surface area contributed by atoms with E-state index in [1.165, 1.54) is 0 Å². The summed E-state index contributed by atoms with van der Waals surface area (Å²) in [4.78, 5) is 16.4. The van der Waals surface area contributed by atoms with Crippen LogP contribution < -0.4 is 4.74 Å². The standard InChI is InChI=1S/C16H17NO3/c1-3-19-16(18)12-7-11-6-10(2)9-17-15(11)14(8-12)20-13-4-5-13/h6-9,13H,3-5H2,1-2H3. The molecule has 3 rings (SSSR count). The minimum Gasteiger partial charge on any atom is -0.488 e. The Hall–Kier alpha value is -2.10. The number of fused-ring (bicyclic) bond motifs is 1. The maximum Gasteiger partial charge on any atom is 0.338 e. The first kappa shape index (κ1) is 12.9. The summed E-state index contributed by atoms with van der Waals surface area (Å²) >= 11 is 0. The van der Waals surface area contributed by atoms with Gasteiger partial charge in [-0.25, -0.2) is 4.79 Å². The van der Waals surface area contributed by atoms with E-state index in [4.69, 9.17) is 9.47 Å². The molecular formula is C16H17NO3. The zero-order chi connectivity index (χ0) is 14.1. The minimum absolute atomic E-state index is 0.263. The van der Waals surface area contributed by atoms with Gasteiger partial charge < -0.3 is 9.47 Å². The number of pyridine rings is 1. The Morgan fingerprint density at radius 2 is 2.15 bits per heavy atom. The number of benzene rings is 1. The Morgan fingerprint density at radius 3 is 2.85 bits per heavy atom. The largest absolute Gasteiger partial charge is 0.488 e. The van der Waals surface area contributed by atoms with Crippen molar-refractivity contribution < 1.29 is 14.3 Å². The van der Waals surface area contributed by atoms with Crippen LogP contribution in [-0.2, 0) is 4.74 Å². The van der Waals surface area contributed by atoms with Crippen molar-refractivity contribution in [1.29, 1.82) is 0 Å². The van der Waals surface area contributed by atoms with E-state index < -0.39 is 0 Å². The lowest BCUT2D eigenvalue weighted by atomic mass is 10.1. The lowest BCUT2D eigenvalue weighted by Crippen LogP contribution is -2.06. The molecule has 0 saturated heterocycles. The fraction of sp³-hybridized carbons (Fsp3) is 0.375. The van der Waals surface area contributed by atoms with Crippen molar-refractivity contribution in [2.45, 2.75) is 32.8 Å². The summed E-state index contributed by atoms with van der Waals surface area (Å²) < 4.78 is 10.9. The van der Waals surface area contributed by atoms with Gasteiger partial charge in [-0.3, -0.25) is 4.98 Å². The molecule has 20 heavy (non-hydrogen) atoms. The van der Waals surface area contributed by atoms with Gasteiger partial charge in [0.25, 0.3) is 0 Å². The van der Waals surface area contributed by atoms with E-state index in [0.717, 1.165) is 29.3 Å². The maximum atomic E-state index is 11.9. The molecule has 1 fully saturated rings. The molecule has 1 aliphatic carbocycles. The highest BCUT2D eigenvalue weighted by molar-refractivity contribution is 5.97. The molecule has 1 aliphatic rings. The van der Waals surface area contributed by atoms with E-state index in [9.17, 15) is 4.79 Å². The Balaban J connectivity index is 2.09. The van der Waals surface area contributed by atoms with Gasteiger partial charge in [0.15, 0.2) is 0 Å². The normalized spacial score (nSPS) is 14.3. The van der Waals surface area contributed by atoms with Crippen molar-refractivity contribution in [1.82, 2.24) is 4.98 Å². The third-order valence-corrected chi connectivity index (χ3v) is 3.21. The molecule has 0 N–H and O–H groups in total. The van der Waals surface area contributed by atoms with Gasteiger partial charge in [-0.2, -0.15) is 0 Å². The van der Waals surface area contributed by atoms with E-state index in [-0.39, 0.29) is 12.1 Å². The number of nitrogens with zero attached hydrogens (tertiary/aromatic N) is 1.